The van der Waals surface area contributed by atoms with Crippen molar-refractivity contribution in [2.24, 2.45) is 5.10 Å². The molecule has 3 nitrogen and oxygen atoms in total. The van der Waals surface area contributed by atoms with Crippen LogP contribution in [-0.2, 0) is 4.74 Å². The molecule has 0 aliphatic heterocycles. The number of unbranched alkanes of at least 4 members (excludes halogenated alkanes) is 3. The van der Waals surface area contributed by atoms with Crippen molar-refractivity contribution in [1.82, 2.24) is 0 Å². The van der Waals surface area contributed by atoms with Crippen molar-refractivity contribution in [2.75, 3.05) is 11.6 Å². The SMILES string of the molecule is CCC[CH2][Sn]([CH2]/C=C\OCC/C=N/N(c1ccccc1)c1ccccc1)([CH2]CCC)[CH2]CCC. The van der Waals surface area contributed by atoms with Crippen LogP contribution in [0.1, 0.15) is 65.7 Å². The van der Waals surface area contributed by atoms with Crippen molar-refractivity contribution < 1.29 is 4.74 Å². The minimum atomic E-state index is -2.08. The van der Waals surface area contributed by atoms with Crippen LogP contribution in [0.15, 0.2) is 78.1 Å². The van der Waals surface area contributed by atoms with E-state index in [1.807, 2.05) is 53.9 Å². The summed E-state index contributed by atoms with van der Waals surface area (Å²) in [6, 6.07) is 20.6. The van der Waals surface area contributed by atoms with Gasteiger partial charge in [-0.15, -0.1) is 0 Å². The molecule has 0 amide bonds. The molecule has 2 rings (SSSR count). The molecule has 186 valence electrons. The monoisotopic (exact) mass is 570 g/mol. The molecule has 0 saturated carbocycles. The topological polar surface area (TPSA) is 24.8 Å². The summed E-state index contributed by atoms with van der Waals surface area (Å²) in [4.78, 5) is 0. The molecule has 0 spiro atoms. The van der Waals surface area contributed by atoms with E-state index in [9.17, 15) is 0 Å². The molecule has 2 aromatic carbocycles. The number of ether oxygens (including phenoxy) is 1. The van der Waals surface area contributed by atoms with Gasteiger partial charge in [0.25, 0.3) is 0 Å². The van der Waals surface area contributed by atoms with Crippen LogP contribution in [0.25, 0.3) is 0 Å². The van der Waals surface area contributed by atoms with Gasteiger partial charge in [-0.2, -0.15) is 0 Å². The van der Waals surface area contributed by atoms with E-state index in [4.69, 9.17) is 9.84 Å². The molecule has 0 aliphatic rings. The average Bonchev–Trinajstić information content (AvgIpc) is 2.89. The Morgan fingerprint density at radius 1 is 0.765 bits per heavy atom. The molecule has 0 aromatic heterocycles. The second-order valence-corrected chi connectivity index (χ2v) is 23.3. The van der Waals surface area contributed by atoms with Crippen molar-refractivity contribution >= 4 is 36.0 Å². The number of hydrazone groups is 1. The Bertz CT molecular complexity index is 746. The third kappa shape index (κ3) is 10.7. The third-order valence-electron chi connectivity index (χ3n) is 6.49. The van der Waals surface area contributed by atoms with Gasteiger partial charge >= 0.3 is 202 Å². The maximum absolute atomic E-state index is 5.88. The Morgan fingerprint density at radius 2 is 1.26 bits per heavy atom. The molecular weight excluding hydrogens is 523 g/mol. The molecule has 0 radical (unpaired) electrons. The summed E-state index contributed by atoms with van der Waals surface area (Å²) in [5.74, 6) is 0. The zero-order valence-electron chi connectivity index (χ0n) is 21.8. The first-order valence-corrected chi connectivity index (χ1v) is 21.5. The minimum absolute atomic E-state index is 0.665. The molecule has 34 heavy (non-hydrogen) atoms. The van der Waals surface area contributed by atoms with E-state index in [0.29, 0.717) is 6.61 Å². The second-order valence-electron chi connectivity index (χ2n) is 9.33. The normalized spacial score (nSPS) is 12.0. The molecule has 4 heteroatoms. The number of rotatable bonds is 18. The van der Waals surface area contributed by atoms with Gasteiger partial charge in [0.1, 0.15) is 0 Å². The summed E-state index contributed by atoms with van der Waals surface area (Å²) in [5, 5.41) is 6.72. The van der Waals surface area contributed by atoms with Crippen LogP contribution in [0.5, 0.6) is 0 Å². The molecule has 0 N–H and O–H groups in total. The number of benzene rings is 2. The second kappa shape index (κ2) is 17.6. The van der Waals surface area contributed by atoms with Crippen molar-refractivity contribution in [3.8, 4) is 0 Å². The predicted octanol–water partition coefficient (Wildman–Crippen LogP) is 9.58. The number of hydrogen-bond donors (Lipinski definition) is 0. The van der Waals surface area contributed by atoms with Crippen molar-refractivity contribution in [1.29, 1.82) is 0 Å². The predicted molar refractivity (Wildman–Crippen MR) is 153 cm³/mol. The average molecular weight is 569 g/mol. The van der Waals surface area contributed by atoms with Crippen molar-refractivity contribution in [3.05, 3.63) is 73.0 Å². The van der Waals surface area contributed by atoms with E-state index in [1.165, 1.54) is 43.0 Å². The van der Waals surface area contributed by atoms with E-state index in [-0.39, 0.29) is 0 Å². The first-order valence-electron chi connectivity index (χ1n) is 13.4. The van der Waals surface area contributed by atoms with Gasteiger partial charge in [-0.3, -0.25) is 0 Å². The zero-order chi connectivity index (χ0) is 24.3. The summed E-state index contributed by atoms with van der Waals surface area (Å²) >= 11 is -2.08. The molecular formula is C30H46N2OSn. The molecule has 0 heterocycles. The van der Waals surface area contributed by atoms with Crippen molar-refractivity contribution in [2.45, 2.75) is 83.5 Å². The third-order valence-corrected chi connectivity index (χ3v) is 21.7. The van der Waals surface area contributed by atoms with Gasteiger partial charge in [-0.05, 0) is 0 Å². The molecule has 0 bridgehead atoms. The van der Waals surface area contributed by atoms with Crippen molar-refractivity contribution in [3.63, 3.8) is 0 Å². The first kappa shape index (κ1) is 28.5. The summed E-state index contributed by atoms with van der Waals surface area (Å²) in [5.41, 5.74) is 2.11. The van der Waals surface area contributed by atoms with Gasteiger partial charge in [0, 0.05) is 0 Å². The Morgan fingerprint density at radius 3 is 1.74 bits per heavy atom. The molecule has 0 atom stereocenters. The van der Waals surface area contributed by atoms with Gasteiger partial charge in [-0.25, -0.2) is 0 Å². The van der Waals surface area contributed by atoms with E-state index in [2.05, 4.69) is 51.1 Å². The zero-order valence-corrected chi connectivity index (χ0v) is 24.6. The van der Waals surface area contributed by atoms with Gasteiger partial charge in [0.2, 0.25) is 0 Å². The standard InChI is InChI=1S/C18H19N2O.3C4H9.Sn/c1-2-15-21-16-9-14-19-20(17-10-5-3-6-11-17)18-12-7-4-8-13-18;3*1-3-4-2;/h2-8,10-15H,1,9,16H2;3*1,3-4H2,2H3;/b15-2-,19-14+;;;;. The maximum atomic E-state index is 5.88. The fraction of sp³-hybridized carbons (Fsp3) is 0.500. The van der Waals surface area contributed by atoms with Gasteiger partial charge < -0.3 is 0 Å². The van der Waals surface area contributed by atoms with Crippen LogP contribution in [0, 0.1) is 0 Å². The van der Waals surface area contributed by atoms with E-state index >= 15 is 0 Å². The summed E-state index contributed by atoms with van der Waals surface area (Å²) in [6.07, 6.45) is 15.4. The number of para-hydroxylation sites is 2. The van der Waals surface area contributed by atoms with Crippen LogP contribution in [0.4, 0.5) is 11.4 Å². The van der Waals surface area contributed by atoms with Crippen LogP contribution < -0.4 is 5.01 Å². The van der Waals surface area contributed by atoms with Gasteiger partial charge in [0.15, 0.2) is 0 Å². The summed E-state index contributed by atoms with van der Waals surface area (Å²) in [6.45, 7) is 7.69. The molecule has 0 unspecified atom stereocenters. The fourth-order valence-electron chi connectivity index (χ4n) is 4.45. The van der Waals surface area contributed by atoms with Gasteiger partial charge in [0.05, 0.1) is 0 Å². The quantitative estimate of drug-likeness (QED) is 0.0587. The first-order chi connectivity index (χ1) is 16.7. The number of hydrogen-bond acceptors (Lipinski definition) is 3. The Kier molecular flexibility index (Phi) is 14.8. The molecule has 0 fully saturated rings. The van der Waals surface area contributed by atoms with Crippen LogP contribution in [0.2, 0.25) is 17.7 Å². The Balaban J connectivity index is 1.87. The summed E-state index contributed by atoms with van der Waals surface area (Å²) < 4.78 is 11.9. The molecule has 0 saturated heterocycles. The number of allylic oxidation sites excluding steroid dienone is 1. The molecule has 2 aromatic rings. The number of nitrogens with zero attached hydrogens (tertiary/aromatic N) is 2. The Hall–Kier alpha value is -1.75. The fourth-order valence-corrected chi connectivity index (χ4v) is 19.5. The van der Waals surface area contributed by atoms with E-state index in [1.54, 1.807) is 13.3 Å². The van der Waals surface area contributed by atoms with E-state index in [0.717, 1.165) is 17.8 Å². The summed E-state index contributed by atoms with van der Waals surface area (Å²) in [7, 11) is 0. The van der Waals surface area contributed by atoms with Gasteiger partial charge in [-0.1, -0.05) is 12.1 Å². The van der Waals surface area contributed by atoms with Crippen LogP contribution in [-0.4, -0.2) is 31.2 Å². The van der Waals surface area contributed by atoms with Crippen LogP contribution >= 0.6 is 0 Å². The Labute approximate surface area is 213 Å². The van der Waals surface area contributed by atoms with E-state index < -0.39 is 18.4 Å². The molecule has 0 aliphatic carbocycles. The number of anilines is 2. The van der Waals surface area contributed by atoms with Crippen LogP contribution in [0.3, 0.4) is 0 Å².